The van der Waals surface area contributed by atoms with Gasteiger partial charge in [-0.25, -0.2) is 14.8 Å². The largest absolute Gasteiger partial charge is 0.444 e. The third-order valence-corrected chi connectivity index (χ3v) is 4.14. The normalized spacial score (nSPS) is 13.0. The molecule has 0 saturated carbocycles. The van der Waals surface area contributed by atoms with Crippen LogP contribution >= 0.6 is 11.3 Å². The molecule has 0 bridgehead atoms. The number of alkyl carbamates (subject to hydrolysis) is 1. The Hall–Kier alpha value is -1.89. The van der Waals surface area contributed by atoms with Gasteiger partial charge in [0.2, 0.25) is 0 Å². The molecule has 7 heteroatoms. The van der Waals surface area contributed by atoms with Crippen LogP contribution in [0.2, 0.25) is 0 Å². The Bertz CT molecular complexity index is 706. The van der Waals surface area contributed by atoms with Crippen LogP contribution < -0.4 is 10.6 Å². The van der Waals surface area contributed by atoms with Crippen molar-refractivity contribution in [2.75, 3.05) is 11.9 Å². The van der Waals surface area contributed by atoms with Crippen LogP contribution in [0.5, 0.6) is 0 Å². The molecule has 0 saturated heterocycles. The number of carbonyl (C=O) groups excluding carboxylic acids is 1. The fourth-order valence-electron chi connectivity index (χ4n) is 2.07. The van der Waals surface area contributed by atoms with E-state index in [2.05, 4.69) is 26.0 Å². The van der Waals surface area contributed by atoms with Crippen molar-refractivity contribution >= 4 is 33.5 Å². The zero-order chi connectivity index (χ0) is 17.2. The molecule has 1 amide bonds. The molecule has 1 atom stereocenters. The highest BCUT2D eigenvalue weighted by Gasteiger charge is 2.18. The monoisotopic (exact) mass is 336 g/mol. The van der Waals surface area contributed by atoms with E-state index >= 15 is 0 Å². The van der Waals surface area contributed by atoms with Gasteiger partial charge in [-0.1, -0.05) is 0 Å². The maximum Gasteiger partial charge on any atom is 0.407 e. The lowest BCUT2D eigenvalue weighted by Gasteiger charge is -2.22. The predicted molar refractivity (Wildman–Crippen MR) is 94.2 cm³/mol. The number of ether oxygens (including phenoxy) is 1. The predicted octanol–water partition coefficient (Wildman–Crippen LogP) is 3.63. The molecule has 2 aromatic heterocycles. The molecular formula is C16H24N4O2S. The summed E-state index contributed by atoms with van der Waals surface area (Å²) in [6.07, 6.45) is -0.414. The molecule has 0 spiro atoms. The third kappa shape index (κ3) is 4.79. The Morgan fingerprint density at radius 1 is 1.35 bits per heavy atom. The molecular weight excluding hydrogens is 312 g/mol. The number of nitrogens with zero attached hydrogens (tertiary/aromatic N) is 2. The smallest absolute Gasteiger partial charge is 0.407 e. The average Bonchev–Trinajstić information content (AvgIpc) is 2.75. The van der Waals surface area contributed by atoms with Gasteiger partial charge in [0.1, 0.15) is 17.2 Å². The molecule has 2 rings (SSSR count). The number of hydrogen-bond donors (Lipinski definition) is 2. The second-order valence-electron chi connectivity index (χ2n) is 6.64. The molecule has 0 aliphatic carbocycles. The average molecular weight is 336 g/mol. The van der Waals surface area contributed by atoms with Gasteiger partial charge in [-0.15, -0.1) is 11.3 Å². The van der Waals surface area contributed by atoms with Gasteiger partial charge in [0.25, 0.3) is 0 Å². The van der Waals surface area contributed by atoms with E-state index in [1.54, 1.807) is 11.3 Å². The minimum absolute atomic E-state index is 0.0868. The summed E-state index contributed by atoms with van der Waals surface area (Å²) in [4.78, 5) is 20.7. The summed E-state index contributed by atoms with van der Waals surface area (Å²) in [6.45, 7) is 11.9. The van der Waals surface area contributed by atoms with Gasteiger partial charge in [-0.3, -0.25) is 0 Å². The van der Waals surface area contributed by atoms with Crippen molar-refractivity contribution in [3.8, 4) is 0 Å². The number of rotatable bonds is 4. The molecule has 1 unspecified atom stereocenters. The summed E-state index contributed by atoms with van der Waals surface area (Å²) in [6, 6.07) is -0.0868. The number of amides is 1. The summed E-state index contributed by atoms with van der Waals surface area (Å²) in [5.74, 6) is 1.54. The second-order valence-corrected chi connectivity index (χ2v) is 7.52. The molecule has 6 nitrogen and oxygen atoms in total. The molecule has 2 aromatic rings. The van der Waals surface area contributed by atoms with Crippen LogP contribution in [0, 0.1) is 13.8 Å². The molecule has 2 N–H and O–H groups in total. The van der Waals surface area contributed by atoms with Crippen molar-refractivity contribution in [3.63, 3.8) is 0 Å². The van der Waals surface area contributed by atoms with Crippen LogP contribution in [0.1, 0.15) is 39.1 Å². The molecule has 0 aliphatic rings. The zero-order valence-electron chi connectivity index (χ0n) is 14.5. The van der Waals surface area contributed by atoms with E-state index in [0.29, 0.717) is 6.54 Å². The van der Waals surface area contributed by atoms with Crippen LogP contribution in [0.3, 0.4) is 0 Å². The van der Waals surface area contributed by atoms with Crippen molar-refractivity contribution in [1.82, 2.24) is 15.3 Å². The first-order chi connectivity index (χ1) is 10.7. The van der Waals surface area contributed by atoms with Gasteiger partial charge in [0, 0.05) is 12.6 Å². The Kier molecular flexibility index (Phi) is 5.09. The van der Waals surface area contributed by atoms with E-state index in [9.17, 15) is 4.79 Å². The standard InChI is InChI=1S/C16H24N4O2S/c1-9-8-23-13-12(9)19-11(3)20-14(13)17-7-10(2)18-15(21)22-16(4,5)6/h8,10H,7H2,1-6H3,(H,18,21)(H,17,19,20). The topological polar surface area (TPSA) is 76.1 Å². The lowest BCUT2D eigenvalue weighted by Crippen LogP contribution is -2.40. The van der Waals surface area contributed by atoms with Gasteiger partial charge in [-0.2, -0.15) is 0 Å². The molecule has 2 heterocycles. The zero-order valence-corrected chi connectivity index (χ0v) is 15.3. The maximum atomic E-state index is 11.8. The summed E-state index contributed by atoms with van der Waals surface area (Å²) in [5.41, 5.74) is 1.64. The molecule has 0 fully saturated rings. The Balaban J connectivity index is 1.99. The summed E-state index contributed by atoms with van der Waals surface area (Å²) in [7, 11) is 0. The molecule has 23 heavy (non-hydrogen) atoms. The number of thiophene rings is 1. The van der Waals surface area contributed by atoms with E-state index in [-0.39, 0.29) is 6.04 Å². The van der Waals surface area contributed by atoms with Crippen LogP contribution in [0.4, 0.5) is 10.6 Å². The fraction of sp³-hybridized carbons (Fsp3) is 0.562. The summed E-state index contributed by atoms with van der Waals surface area (Å²) < 4.78 is 6.29. The number of aromatic nitrogens is 2. The van der Waals surface area contributed by atoms with E-state index in [1.807, 2.05) is 41.5 Å². The first-order valence-electron chi connectivity index (χ1n) is 7.61. The van der Waals surface area contributed by atoms with Crippen molar-refractivity contribution in [3.05, 3.63) is 16.8 Å². The van der Waals surface area contributed by atoms with Gasteiger partial charge in [0.05, 0.1) is 10.2 Å². The fourth-order valence-corrected chi connectivity index (χ4v) is 3.03. The van der Waals surface area contributed by atoms with E-state index < -0.39 is 11.7 Å². The van der Waals surface area contributed by atoms with E-state index in [1.165, 1.54) is 0 Å². The number of fused-ring (bicyclic) bond motifs is 1. The second kappa shape index (κ2) is 6.70. The third-order valence-electron chi connectivity index (χ3n) is 3.04. The number of anilines is 1. The van der Waals surface area contributed by atoms with Gasteiger partial charge < -0.3 is 15.4 Å². The number of nitrogens with one attached hydrogen (secondary N) is 2. The number of aryl methyl sites for hydroxylation is 2. The van der Waals surface area contributed by atoms with Crippen LogP contribution in [0.15, 0.2) is 5.38 Å². The molecule has 0 aromatic carbocycles. The van der Waals surface area contributed by atoms with E-state index in [4.69, 9.17) is 4.74 Å². The minimum atomic E-state index is -0.498. The van der Waals surface area contributed by atoms with E-state index in [0.717, 1.165) is 27.4 Å². The van der Waals surface area contributed by atoms with Crippen molar-refractivity contribution in [1.29, 1.82) is 0 Å². The highest BCUT2D eigenvalue weighted by molar-refractivity contribution is 7.18. The Morgan fingerprint density at radius 2 is 2.04 bits per heavy atom. The first kappa shape index (κ1) is 17.5. The first-order valence-corrected chi connectivity index (χ1v) is 8.49. The van der Waals surface area contributed by atoms with Gasteiger partial charge >= 0.3 is 6.09 Å². The van der Waals surface area contributed by atoms with Crippen molar-refractivity contribution in [2.45, 2.75) is 53.2 Å². The summed E-state index contributed by atoms with van der Waals surface area (Å²) in [5, 5.41) is 8.19. The number of carbonyl (C=O) groups is 1. The molecule has 0 radical (unpaired) electrons. The maximum absolute atomic E-state index is 11.8. The number of hydrogen-bond acceptors (Lipinski definition) is 6. The SMILES string of the molecule is Cc1nc(NCC(C)NC(=O)OC(C)(C)C)c2scc(C)c2n1. The van der Waals surface area contributed by atoms with Crippen LogP contribution in [0.25, 0.3) is 10.2 Å². The van der Waals surface area contributed by atoms with Gasteiger partial charge in [0.15, 0.2) is 0 Å². The Morgan fingerprint density at radius 3 is 2.70 bits per heavy atom. The van der Waals surface area contributed by atoms with Crippen LogP contribution in [-0.4, -0.2) is 34.2 Å². The Labute approximate surface area is 140 Å². The highest BCUT2D eigenvalue weighted by Crippen LogP contribution is 2.29. The highest BCUT2D eigenvalue weighted by atomic mass is 32.1. The molecule has 0 aliphatic heterocycles. The van der Waals surface area contributed by atoms with Crippen molar-refractivity contribution < 1.29 is 9.53 Å². The van der Waals surface area contributed by atoms with Crippen molar-refractivity contribution in [2.24, 2.45) is 0 Å². The van der Waals surface area contributed by atoms with Crippen LogP contribution in [-0.2, 0) is 4.74 Å². The summed E-state index contributed by atoms with van der Waals surface area (Å²) >= 11 is 1.62. The lowest BCUT2D eigenvalue weighted by molar-refractivity contribution is 0.0511. The minimum Gasteiger partial charge on any atom is -0.444 e. The molecule has 126 valence electrons. The van der Waals surface area contributed by atoms with Gasteiger partial charge in [-0.05, 0) is 52.5 Å². The lowest BCUT2D eigenvalue weighted by atomic mass is 10.2. The quantitative estimate of drug-likeness (QED) is 0.891.